The number of thioether (sulfide) groups is 1. The minimum atomic E-state index is -3.68. The number of hydrogen-bond donors (Lipinski definition) is 0. The maximum atomic E-state index is 13.4. The Bertz CT molecular complexity index is 988. The van der Waals surface area contributed by atoms with Gasteiger partial charge in [0.05, 0.1) is 16.3 Å². The highest BCUT2D eigenvalue weighted by Gasteiger charge is 2.30. The molecule has 0 saturated carbocycles. The molecule has 2 aromatic rings. The Morgan fingerprint density at radius 2 is 1.85 bits per heavy atom. The van der Waals surface area contributed by atoms with Gasteiger partial charge < -0.3 is 4.90 Å². The van der Waals surface area contributed by atoms with Crippen molar-refractivity contribution in [3.63, 3.8) is 0 Å². The first-order chi connectivity index (χ1) is 13.0. The lowest BCUT2D eigenvalue weighted by Gasteiger charge is -2.31. The van der Waals surface area contributed by atoms with Crippen molar-refractivity contribution in [2.45, 2.75) is 36.0 Å². The van der Waals surface area contributed by atoms with Crippen LogP contribution in [-0.4, -0.2) is 33.2 Å². The molecule has 27 heavy (non-hydrogen) atoms. The second kappa shape index (κ2) is 7.20. The highest BCUT2D eigenvalue weighted by atomic mass is 32.2. The van der Waals surface area contributed by atoms with Crippen LogP contribution in [0, 0.1) is 0 Å². The molecule has 0 unspecified atom stereocenters. The van der Waals surface area contributed by atoms with Gasteiger partial charge in [-0.3, -0.25) is 9.10 Å². The van der Waals surface area contributed by atoms with Gasteiger partial charge in [-0.1, -0.05) is 18.2 Å². The number of para-hydroxylation sites is 1. The molecule has 4 rings (SSSR count). The van der Waals surface area contributed by atoms with Gasteiger partial charge in [0.2, 0.25) is 5.91 Å². The molecular weight excluding hydrogens is 380 g/mol. The van der Waals surface area contributed by atoms with Crippen LogP contribution < -0.4 is 9.21 Å². The Hall–Kier alpha value is -1.99. The molecule has 0 N–H and O–H groups in total. The van der Waals surface area contributed by atoms with E-state index in [1.165, 1.54) is 11.2 Å². The van der Waals surface area contributed by atoms with Crippen LogP contribution in [0.3, 0.4) is 0 Å². The molecule has 0 atom stereocenters. The molecule has 2 aliphatic heterocycles. The van der Waals surface area contributed by atoms with Gasteiger partial charge >= 0.3 is 0 Å². The second-order valence-electron chi connectivity index (χ2n) is 6.81. The first-order valence-corrected chi connectivity index (χ1v) is 11.6. The van der Waals surface area contributed by atoms with Gasteiger partial charge in [0.1, 0.15) is 0 Å². The molecule has 0 radical (unpaired) electrons. The molecule has 0 spiro atoms. The zero-order valence-corrected chi connectivity index (χ0v) is 16.9. The molecule has 0 saturated heterocycles. The maximum absolute atomic E-state index is 13.4. The minimum absolute atomic E-state index is 0.0587. The van der Waals surface area contributed by atoms with Crippen molar-refractivity contribution >= 4 is 39.1 Å². The fourth-order valence-corrected chi connectivity index (χ4v) is 6.26. The molecular formula is C20H22N2O3S2. The van der Waals surface area contributed by atoms with Crippen molar-refractivity contribution in [1.29, 1.82) is 0 Å². The zero-order chi connectivity index (χ0) is 19.0. The molecule has 0 bridgehead atoms. The van der Waals surface area contributed by atoms with E-state index < -0.39 is 10.0 Å². The van der Waals surface area contributed by atoms with Gasteiger partial charge in [-0.2, -0.15) is 0 Å². The number of fused-ring (bicyclic) bond motifs is 2. The summed E-state index contributed by atoms with van der Waals surface area (Å²) in [7, 11) is -3.68. The van der Waals surface area contributed by atoms with E-state index in [2.05, 4.69) is 0 Å². The molecule has 2 aromatic carbocycles. The van der Waals surface area contributed by atoms with E-state index in [4.69, 9.17) is 0 Å². The number of sulfonamides is 1. The molecule has 142 valence electrons. The highest BCUT2D eigenvalue weighted by Crippen LogP contribution is 2.38. The predicted molar refractivity (Wildman–Crippen MR) is 109 cm³/mol. The molecule has 0 fully saturated rings. The van der Waals surface area contributed by atoms with E-state index in [9.17, 15) is 13.2 Å². The van der Waals surface area contributed by atoms with Crippen LogP contribution in [0.25, 0.3) is 0 Å². The number of benzene rings is 2. The quantitative estimate of drug-likeness (QED) is 0.769. The van der Waals surface area contributed by atoms with Gasteiger partial charge in [-0.25, -0.2) is 8.42 Å². The number of nitrogens with zero attached hydrogens (tertiary/aromatic N) is 2. The summed E-state index contributed by atoms with van der Waals surface area (Å²) in [6.07, 6.45) is 2.58. The Balaban J connectivity index is 1.79. The van der Waals surface area contributed by atoms with Gasteiger partial charge in [-0.15, -0.1) is 11.8 Å². The lowest BCUT2D eigenvalue weighted by Crippen LogP contribution is -2.35. The topological polar surface area (TPSA) is 57.7 Å². The summed E-state index contributed by atoms with van der Waals surface area (Å²) in [6, 6.07) is 12.8. The normalized spacial score (nSPS) is 17.1. The predicted octanol–water partition coefficient (Wildman–Crippen LogP) is 3.68. The Kier molecular flexibility index (Phi) is 4.90. The van der Waals surface area contributed by atoms with Crippen LogP contribution in [0.1, 0.15) is 25.3 Å². The molecule has 1 amide bonds. The van der Waals surface area contributed by atoms with Crippen molar-refractivity contribution in [2.75, 3.05) is 28.0 Å². The lowest BCUT2D eigenvalue weighted by molar-refractivity contribution is -0.116. The van der Waals surface area contributed by atoms with Crippen molar-refractivity contribution in [3.05, 3.63) is 48.0 Å². The van der Waals surface area contributed by atoms with E-state index >= 15 is 0 Å². The summed E-state index contributed by atoms with van der Waals surface area (Å²) in [6.45, 7) is 2.62. The maximum Gasteiger partial charge on any atom is 0.264 e. The minimum Gasteiger partial charge on any atom is -0.311 e. The number of aryl methyl sites for hydroxylation is 1. The number of carbonyl (C=O) groups is 1. The van der Waals surface area contributed by atoms with E-state index in [0.717, 1.165) is 41.2 Å². The van der Waals surface area contributed by atoms with E-state index in [-0.39, 0.29) is 10.8 Å². The van der Waals surface area contributed by atoms with E-state index in [1.807, 2.05) is 30.3 Å². The van der Waals surface area contributed by atoms with Gasteiger partial charge in [0.25, 0.3) is 10.0 Å². The molecule has 7 heteroatoms. The molecule has 5 nitrogen and oxygen atoms in total. The Morgan fingerprint density at radius 1 is 1.04 bits per heavy atom. The monoisotopic (exact) mass is 402 g/mol. The van der Waals surface area contributed by atoms with Crippen LogP contribution in [0.2, 0.25) is 0 Å². The van der Waals surface area contributed by atoms with Crippen molar-refractivity contribution < 1.29 is 13.2 Å². The van der Waals surface area contributed by atoms with Crippen LogP contribution in [0.5, 0.6) is 0 Å². The van der Waals surface area contributed by atoms with E-state index in [0.29, 0.717) is 18.8 Å². The number of rotatable bonds is 2. The SMILES string of the molecule is CC(=O)N1CCCSc2ccc(S(=O)(=O)N3CCCc4ccccc43)cc21. The van der Waals surface area contributed by atoms with Crippen molar-refractivity contribution in [3.8, 4) is 0 Å². The van der Waals surface area contributed by atoms with Crippen molar-refractivity contribution in [2.24, 2.45) is 0 Å². The average Bonchev–Trinajstić information content (AvgIpc) is 2.89. The largest absolute Gasteiger partial charge is 0.311 e. The summed E-state index contributed by atoms with van der Waals surface area (Å²) >= 11 is 1.67. The van der Waals surface area contributed by atoms with Gasteiger partial charge in [-0.05, 0) is 54.8 Å². The third-order valence-corrected chi connectivity index (χ3v) is 8.00. The summed E-state index contributed by atoms with van der Waals surface area (Å²) in [4.78, 5) is 15.0. The standard InChI is InChI=1S/C20H22N2O3S2/c1-15(23)21-11-5-13-26-20-10-9-17(14-19(20)21)27(24,25)22-12-4-7-16-6-2-3-8-18(16)22/h2-3,6,8-10,14H,4-5,7,11-13H2,1H3. The van der Waals surface area contributed by atoms with E-state index in [1.54, 1.807) is 28.8 Å². The van der Waals surface area contributed by atoms with Gasteiger partial charge in [0, 0.05) is 24.9 Å². The fraction of sp³-hybridized carbons (Fsp3) is 0.350. The fourth-order valence-electron chi connectivity index (χ4n) is 3.72. The van der Waals surface area contributed by atoms with Crippen LogP contribution in [0.4, 0.5) is 11.4 Å². The smallest absolute Gasteiger partial charge is 0.264 e. The van der Waals surface area contributed by atoms with Crippen molar-refractivity contribution in [1.82, 2.24) is 0 Å². The Labute approximate surface area is 164 Å². The highest BCUT2D eigenvalue weighted by molar-refractivity contribution is 7.99. The van der Waals surface area contributed by atoms with Crippen LogP contribution in [0.15, 0.2) is 52.3 Å². The third kappa shape index (κ3) is 3.34. The summed E-state index contributed by atoms with van der Waals surface area (Å²) in [5, 5.41) is 0. The molecule has 0 aliphatic carbocycles. The Morgan fingerprint density at radius 3 is 2.67 bits per heavy atom. The summed E-state index contributed by atoms with van der Waals surface area (Å²) in [5.41, 5.74) is 2.52. The summed E-state index contributed by atoms with van der Waals surface area (Å²) < 4.78 is 28.3. The summed E-state index contributed by atoms with van der Waals surface area (Å²) in [5.74, 6) is 0.860. The molecule has 2 aliphatic rings. The lowest BCUT2D eigenvalue weighted by atomic mass is 10.0. The first kappa shape index (κ1) is 18.4. The zero-order valence-electron chi connectivity index (χ0n) is 15.2. The third-order valence-electron chi connectivity index (χ3n) is 5.04. The number of anilines is 2. The van der Waals surface area contributed by atoms with Crippen LogP contribution >= 0.6 is 11.8 Å². The average molecular weight is 403 g/mol. The molecule has 0 aromatic heterocycles. The second-order valence-corrected chi connectivity index (χ2v) is 9.81. The molecule has 2 heterocycles. The number of carbonyl (C=O) groups excluding carboxylic acids is 1. The first-order valence-electron chi connectivity index (χ1n) is 9.14. The number of hydrogen-bond acceptors (Lipinski definition) is 4. The van der Waals surface area contributed by atoms with Gasteiger partial charge in [0.15, 0.2) is 0 Å². The van der Waals surface area contributed by atoms with Crippen LogP contribution in [-0.2, 0) is 21.2 Å². The number of amides is 1.